The van der Waals surface area contributed by atoms with Crippen molar-refractivity contribution in [1.29, 1.82) is 0 Å². The molecule has 2 aromatic rings. The summed E-state index contributed by atoms with van der Waals surface area (Å²) < 4.78 is 19.5. The van der Waals surface area contributed by atoms with Gasteiger partial charge in [0.25, 0.3) is 0 Å². The van der Waals surface area contributed by atoms with E-state index in [1.165, 1.54) is 0 Å². The number of ether oxygens (including phenoxy) is 1. The molecule has 2 rings (SSSR count). The summed E-state index contributed by atoms with van der Waals surface area (Å²) in [6, 6.07) is 11.9. The van der Waals surface area contributed by atoms with Crippen LogP contribution in [0.4, 0.5) is 4.39 Å². The summed E-state index contributed by atoms with van der Waals surface area (Å²) in [5.74, 6) is 0.381. The Morgan fingerprint density at radius 1 is 1.22 bits per heavy atom. The van der Waals surface area contributed by atoms with Gasteiger partial charge in [-0.1, -0.05) is 24.3 Å². The molecule has 0 aliphatic carbocycles. The molecule has 4 heteroatoms. The molecule has 0 saturated heterocycles. The SMILES string of the molecule is COc1cccc(C(N)c2cccc(Br)c2F)c1. The summed E-state index contributed by atoms with van der Waals surface area (Å²) in [6.45, 7) is 0. The molecule has 1 atom stereocenters. The average molecular weight is 310 g/mol. The Kier molecular flexibility index (Phi) is 3.99. The molecule has 1 unspecified atom stereocenters. The van der Waals surface area contributed by atoms with Crippen LogP contribution in [0.1, 0.15) is 17.2 Å². The number of halogens is 2. The van der Waals surface area contributed by atoms with Gasteiger partial charge in [0.15, 0.2) is 0 Å². The Labute approximate surface area is 114 Å². The van der Waals surface area contributed by atoms with Crippen molar-refractivity contribution in [2.24, 2.45) is 5.73 Å². The molecule has 0 amide bonds. The highest BCUT2D eigenvalue weighted by molar-refractivity contribution is 9.10. The molecule has 2 N–H and O–H groups in total. The van der Waals surface area contributed by atoms with Crippen LogP contribution in [0, 0.1) is 5.82 Å². The van der Waals surface area contributed by atoms with E-state index in [-0.39, 0.29) is 5.82 Å². The minimum absolute atomic E-state index is 0.326. The van der Waals surface area contributed by atoms with Crippen LogP contribution in [0.15, 0.2) is 46.9 Å². The van der Waals surface area contributed by atoms with Crippen molar-refractivity contribution in [3.8, 4) is 5.75 Å². The maximum Gasteiger partial charge on any atom is 0.142 e. The highest BCUT2D eigenvalue weighted by Crippen LogP contribution is 2.28. The van der Waals surface area contributed by atoms with Crippen LogP contribution < -0.4 is 10.5 Å². The van der Waals surface area contributed by atoms with Crippen molar-refractivity contribution < 1.29 is 9.13 Å². The molecule has 0 spiro atoms. The molecular weight excluding hydrogens is 297 g/mol. The highest BCUT2D eigenvalue weighted by Gasteiger charge is 2.15. The Balaban J connectivity index is 2.41. The van der Waals surface area contributed by atoms with Gasteiger partial charge in [0.2, 0.25) is 0 Å². The van der Waals surface area contributed by atoms with E-state index < -0.39 is 6.04 Å². The number of benzene rings is 2. The summed E-state index contributed by atoms with van der Waals surface area (Å²) in [5, 5.41) is 0. The van der Waals surface area contributed by atoms with Gasteiger partial charge in [-0.05, 0) is 39.7 Å². The Bertz CT molecular complexity index is 559. The van der Waals surface area contributed by atoms with Crippen LogP contribution in [0.3, 0.4) is 0 Å². The minimum Gasteiger partial charge on any atom is -0.497 e. The van der Waals surface area contributed by atoms with Gasteiger partial charge in [-0.3, -0.25) is 0 Å². The lowest BCUT2D eigenvalue weighted by Crippen LogP contribution is -2.13. The second kappa shape index (κ2) is 5.50. The van der Waals surface area contributed by atoms with Crippen molar-refractivity contribution in [3.63, 3.8) is 0 Å². The van der Waals surface area contributed by atoms with E-state index in [0.717, 1.165) is 5.56 Å². The molecule has 0 bridgehead atoms. The maximum absolute atomic E-state index is 14.0. The van der Waals surface area contributed by atoms with Gasteiger partial charge >= 0.3 is 0 Å². The molecule has 0 saturated carbocycles. The predicted octanol–water partition coefficient (Wildman–Crippen LogP) is 3.64. The number of rotatable bonds is 3. The molecule has 94 valence electrons. The first kappa shape index (κ1) is 13.1. The third-order valence-electron chi connectivity index (χ3n) is 2.77. The van der Waals surface area contributed by atoms with E-state index in [1.807, 2.05) is 24.3 Å². The first-order valence-electron chi connectivity index (χ1n) is 5.47. The van der Waals surface area contributed by atoms with Gasteiger partial charge in [-0.15, -0.1) is 0 Å². The van der Waals surface area contributed by atoms with Crippen LogP contribution in [-0.2, 0) is 0 Å². The molecule has 0 aliphatic heterocycles. The zero-order chi connectivity index (χ0) is 13.1. The lowest BCUT2D eigenvalue weighted by Gasteiger charge is -2.15. The number of nitrogens with two attached hydrogens (primary N) is 1. The second-order valence-electron chi connectivity index (χ2n) is 3.90. The summed E-state index contributed by atoms with van der Waals surface area (Å²) in [4.78, 5) is 0. The molecule has 2 nitrogen and oxygen atoms in total. The highest BCUT2D eigenvalue weighted by atomic mass is 79.9. The standard InChI is InChI=1S/C14H13BrFNO/c1-18-10-5-2-4-9(8-10)14(17)11-6-3-7-12(15)13(11)16/h2-8,14H,17H2,1H3. The molecule has 2 aromatic carbocycles. The Morgan fingerprint density at radius 3 is 2.67 bits per heavy atom. The van der Waals surface area contributed by atoms with Crippen LogP contribution in [0.2, 0.25) is 0 Å². The molecule has 0 fully saturated rings. The predicted molar refractivity (Wildman–Crippen MR) is 73.1 cm³/mol. The van der Waals surface area contributed by atoms with Gasteiger partial charge in [-0.2, -0.15) is 0 Å². The fourth-order valence-electron chi connectivity index (χ4n) is 1.78. The Morgan fingerprint density at radius 2 is 1.94 bits per heavy atom. The molecule has 0 radical (unpaired) electrons. The van der Waals surface area contributed by atoms with E-state index in [2.05, 4.69) is 15.9 Å². The Hall–Kier alpha value is -1.39. The lowest BCUT2D eigenvalue weighted by atomic mass is 9.99. The topological polar surface area (TPSA) is 35.2 Å². The number of methoxy groups -OCH3 is 1. The summed E-state index contributed by atoms with van der Waals surface area (Å²) in [6.07, 6.45) is 0. The third-order valence-corrected chi connectivity index (χ3v) is 3.38. The maximum atomic E-state index is 14.0. The van der Waals surface area contributed by atoms with E-state index in [9.17, 15) is 4.39 Å². The zero-order valence-corrected chi connectivity index (χ0v) is 11.4. The number of hydrogen-bond acceptors (Lipinski definition) is 2. The van der Waals surface area contributed by atoms with Gasteiger partial charge in [0.1, 0.15) is 11.6 Å². The summed E-state index contributed by atoms with van der Waals surface area (Å²) in [5.41, 5.74) is 7.36. The third kappa shape index (κ3) is 2.54. The van der Waals surface area contributed by atoms with E-state index in [0.29, 0.717) is 15.8 Å². The second-order valence-corrected chi connectivity index (χ2v) is 4.75. The summed E-state index contributed by atoms with van der Waals surface area (Å²) in [7, 11) is 1.59. The van der Waals surface area contributed by atoms with Crippen LogP contribution in [0.5, 0.6) is 5.75 Å². The van der Waals surface area contributed by atoms with Gasteiger partial charge < -0.3 is 10.5 Å². The average Bonchev–Trinajstić information content (AvgIpc) is 2.41. The normalized spacial score (nSPS) is 12.2. The summed E-state index contributed by atoms with van der Waals surface area (Å²) >= 11 is 3.16. The van der Waals surface area contributed by atoms with Gasteiger partial charge in [0.05, 0.1) is 17.6 Å². The van der Waals surface area contributed by atoms with E-state index in [4.69, 9.17) is 10.5 Å². The molecule has 0 aromatic heterocycles. The molecule has 0 heterocycles. The quantitative estimate of drug-likeness (QED) is 0.939. The smallest absolute Gasteiger partial charge is 0.142 e. The van der Waals surface area contributed by atoms with Crippen molar-refractivity contribution in [1.82, 2.24) is 0 Å². The molecular formula is C14H13BrFNO. The van der Waals surface area contributed by atoms with E-state index >= 15 is 0 Å². The lowest BCUT2D eigenvalue weighted by molar-refractivity contribution is 0.414. The van der Waals surface area contributed by atoms with Crippen LogP contribution in [-0.4, -0.2) is 7.11 Å². The molecule has 18 heavy (non-hydrogen) atoms. The zero-order valence-electron chi connectivity index (χ0n) is 9.86. The van der Waals surface area contributed by atoms with Gasteiger partial charge in [0, 0.05) is 5.56 Å². The van der Waals surface area contributed by atoms with Crippen LogP contribution >= 0.6 is 15.9 Å². The van der Waals surface area contributed by atoms with E-state index in [1.54, 1.807) is 25.3 Å². The van der Waals surface area contributed by atoms with Crippen molar-refractivity contribution in [3.05, 3.63) is 63.9 Å². The minimum atomic E-state index is -0.516. The van der Waals surface area contributed by atoms with Crippen molar-refractivity contribution >= 4 is 15.9 Å². The van der Waals surface area contributed by atoms with Crippen molar-refractivity contribution in [2.75, 3.05) is 7.11 Å². The van der Waals surface area contributed by atoms with Crippen molar-refractivity contribution in [2.45, 2.75) is 6.04 Å². The largest absolute Gasteiger partial charge is 0.497 e. The van der Waals surface area contributed by atoms with Crippen LogP contribution in [0.25, 0.3) is 0 Å². The first-order valence-corrected chi connectivity index (χ1v) is 6.26. The first-order chi connectivity index (χ1) is 8.63. The molecule has 0 aliphatic rings. The monoisotopic (exact) mass is 309 g/mol. The fourth-order valence-corrected chi connectivity index (χ4v) is 2.16. The number of hydrogen-bond donors (Lipinski definition) is 1. The van der Waals surface area contributed by atoms with Gasteiger partial charge in [-0.25, -0.2) is 4.39 Å². The fraction of sp³-hybridized carbons (Fsp3) is 0.143.